The number of carbonyl (C=O) groups is 1. The van der Waals surface area contributed by atoms with E-state index in [1.165, 1.54) is 0 Å². The fraction of sp³-hybridized carbons (Fsp3) is 0. The van der Waals surface area contributed by atoms with Gasteiger partial charge in [-0.15, -0.1) is 0 Å². The summed E-state index contributed by atoms with van der Waals surface area (Å²) in [6.07, 6.45) is 0. The number of rotatable bonds is 2. The van der Waals surface area contributed by atoms with Crippen LogP contribution in [0, 0.1) is 0 Å². The van der Waals surface area contributed by atoms with Crippen LogP contribution in [0.3, 0.4) is 0 Å². The average molecular weight is 389 g/mol. The van der Waals surface area contributed by atoms with Gasteiger partial charge in [0.1, 0.15) is 0 Å². The lowest BCUT2D eigenvalue weighted by molar-refractivity contribution is 0.102. The topological polar surface area (TPSA) is 29.1 Å². The Morgan fingerprint density at radius 1 is 1.11 bits per heavy atom. The molecule has 1 amide bonds. The SMILES string of the molecule is O=C(Nc1ccc(Br)c(Cl)c1)c1cccc(Br)c1. The number of hydrogen-bond acceptors (Lipinski definition) is 1. The van der Waals surface area contributed by atoms with E-state index in [2.05, 4.69) is 37.2 Å². The van der Waals surface area contributed by atoms with Crippen LogP contribution in [-0.2, 0) is 0 Å². The quantitative estimate of drug-likeness (QED) is 0.759. The molecule has 0 unspecified atom stereocenters. The molecule has 92 valence electrons. The fourth-order valence-electron chi connectivity index (χ4n) is 1.41. The maximum Gasteiger partial charge on any atom is 0.255 e. The molecule has 0 heterocycles. The predicted molar refractivity (Wildman–Crippen MR) is 81.2 cm³/mol. The van der Waals surface area contributed by atoms with Crippen LogP contribution in [0.4, 0.5) is 5.69 Å². The summed E-state index contributed by atoms with van der Waals surface area (Å²) < 4.78 is 1.66. The summed E-state index contributed by atoms with van der Waals surface area (Å²) in [4.78, 5) is 12.0. The normalized spacial score (nSPS) is 10.2. The van der Waals surface area contributed by atoms with Gasteiger partial charge in [-0.05, 0) is 52.3 Å². The monoisotopic (exact) mass is 387 g/mol. The molecular weight excluding hydrogens is 381 g/mol. The summed E-state index contributed by atoms with van der Waals surface area (Å²) in [7, 11) is 0. The first-order chi connectivity index (χ1) is 8.56. The van der Waals surface area contributed by atoms with Gasteiger partial charge < -0.3 is 5.32 Å². The maximum atomic E-state index is 12.0. The first kappa shape index (κ1) is 13.6. The van der Waals surface area contributed by atoms with E-state index in [9.17, 15) is 4.79 Å². The van der Waals surface area contributed by atoms with E-state index in [1.807, 2.05) is 12.1 Å². The highest BCUT2D eigenvalue weighted by atomic mass is 79.9. The molecule has 0 fully saturated rings. The summed E-state index contributed by atoms with van der Waals surface area (Å²) in [6.45, 7) is 0. The Morgan fingerprint density at radius 2 is 1.89 bits per heavy atom. The Hall–Kier alpha value is -0.840. The number of hydrogen-bond donors (Lipinski definition) is 1. The smallest absolute Gasteiger partial charge is 0.255 e. The number of halogens is 3. The minimum absolute atomic E-state index is 0.172. The number of amides is 1. The first-order valence-electron chi connectivity index (χ1n) is 5.08. The van der Waals surface area contributed by atoms with Crippen LogP contribution in [0.2, 0.25) is 5.02 Å². The van der Waals surface area contributed by atoms with Crippen molar-refractivity contribution in [3.8, 4) is 0 Å². The van der Waals surface area contributed by atoms with Gasteiger partial charge in [-0.25, -0.2) is 0 Å². The standard InChI is InChI=1S/C13H8Br2ClNO/c14-9-3-1-2-8(6-9)13(18)17-10-4-5-11(15)12(16)7-10/h1-7H,(H,17,18). The van der Waals surface area contributed by atoms with Gasteiger partial charge in [-0.2, -0.15) is 0 Å². The molecule has 0 atom stereocenters. The molecule has 0 aliphatic rings. The zero-order valence-corrected chi connectivity index (χ0v) is 13.0. The van der Waals surface area contributed by atoms with Gasteiger partial charge in [0.2, 0.25) is 0 Å². The minimum atomic E-state index is -0.172. The highest BCUT2D eigenvalue weighted by Crippen LogP contribution is 2.25. The second-order valence-electron chi connectivity index (χ2n) is 3.59. The maximum absolute atomic E-state index is 12.0. The van der Waals surface area contributed by atoms with Crippen molar-refractivity contribution in [3.63, 3.8) is 0 Å². The second-order valence-corrected chi connectivity index (χ2v) is 5.77. The lowest BCUT2D eigenvalue weighted by Crippen LogP contribution is -2.11. The van der Waals surface area contributed by atoms with Crippen LogP contribution in [0.5, 0.6) is 0 Å². The van der Waals surface area contributed by atoms with Crippen molar-refractivity contribution in [2.45, 2.75) is 0 Å². The minimum Gasteiger partial charge on any atom is -0.322 e. The van der Waals surface area contributed by atoms with Crippen molar-refractivity contribution in [1.82, 2.24) is 0 Å². The van der Waals surface area contributed by atoms with Crippen LogP contribution < -0.4 is 5.32 Å². The highest BCUT2D eigenvalue weighted by molar-refractivity contribution is 9.10. The summed E-state index contributed by atoms with van der Waals surface area (Å²) in [5, 5.41) is 3.35. The largest absolute Gasteiger partial charge is 0.322 e. The molecule has 2 nitrogen and oxygen atoms in total. The zero-order valence-electron chi connectivity index (χ0n) is 9.08. The number of nitrogens with one attached hydrogen (secondary N) is 1. The number of anilines is 1. The molecular formula is C13H8Br2ClNO. The molecule has 2 rings (SSSR count). The average Bonchev–Trinajstić information content (AvgIpc) is 2.34. The van der Waals surface area contributed by atoms with Gasteiger partial charge in [0.15, 0.2) is 0 Å². The lowest BCUT2D eigenvalue weighted by Gasteiger charge is -2.06. The summed E-state index contributed by atoms with van der Waals surface area (Å²) >= 11 is 12.6. The highest BCUT2D eigenvalue weighted by Gasteiger charge is 2.07. The molecule has 5 heteroatoms. The van der Waals surface area contributed by atoms with Crippen LogP contribution in [0.1, 0.15) is 10.4 Å². The Morgan fingerprint density at radius 3 is 2.56 bits per heavy atom. The van der Waals surface area contributed by atoms with E-state index in [0.29, 0.717) is 16.3 Å². The lowest BCUT2D eigenvalue weighted by atomic mass is 10.2. The third-order valence-electron chi connectivity index (χ3n) is 2.26. The van der Waals surface area contributed by atoms with Gasteiger partial charge in [0, 0.05) is 20.2 Å². The van der Waals surface area contributed by atoms with E-state index in [1.54, 1.807) is 30.3 Å². The predicted octanol–water partition coefficient (Wildman–Crippen LogP) is 5.12. The second kappa shape index (κ2) is 5.87. The molecule has 0 saturated heterocycles. The first-order valence-corrected chi connectivity index (χ1v) is 7.04. The Bertz CT molecular complexity index is 601. The van der Waals surface area contributed by atoms with Gasteiger partial charge in [0.25, 0.3) is 5.91 Å². The molecule has 0 saturated carbocycles. The van der Waals surface area contributed by atoms with Crippen LogP contribution in [0.15, 0.2) is 51.4 Å². The van der Waals surface area contributed by atoms with Crippen molar-refractivity contribution in [2.75, 3.05) is 5.32 Å². The Labute approximate surface area is 127 Å². The van der Waals surface area contributed by atoms with E-state index >= 15 is 0 Å². The molecule has 0 bridgehead atoms. The van der Waals surface area contributed by atoms with Gasteiger partial charge in [-0.3, -0.25) is 4.79 Å². The van der Waals surface area contributed by atoms with Crippen LogP contribution >= 0.6 is 43.5 Å². The molecule has 0 aliphatic carbocycles. The van der Waals surface area contributed by atoms with Crippen molar-refractivity contribution < 1.29 is 4.79 Å². The molecule has 0 aromatic heterocycles. The molecule has 1 N–H and O–H groups in total. The zero-order chi connectivity index (χ0) is 13.1. The van der Waals surface area contributed by atoms with Crippen molar-refractivity contribution in [1.29, 1.82) is 0 Å². The summed E-state index contributed by atoms with van der Waals surface area (Å²) in [5.74, 6) is -0.172. The van der Waals surface area contributed by atoms with Crippen molar-refractivity contribution in [2.24, 2.45) is 0 Å². The fourth-order valence-corrected chi connectivity index (χ4v) is 2.23. The number of benzene rings is 2. The molecule has 2 aromatic rings. The third-order valence-corrected chi connectivity index (χ3v) is 3.99. The van der Waals surface area contributed by atoms with Gasteiger partial charge >= 0.3 is 0 Å². The van der Waals surface area contributed by atoms with E-state index in [0.717, 1.165) is 8.95 Å². The van der Waals surface area contributed by atoms with E-state index < -0.39 is 0 Å². The number of carbonyl (C=O) groups excluding carboxylic acids is 1. The van der Waals surface area contributed by atoms with Crippen molar-refractivity contribution in [3.05, 3.63) is 62.0 Å². The summed E-state index contributed by atoms with van der Waals surface area (Å²) in [6, 6.07) is 12.5. The van der Waals surface area contributed by atoms with Gasteiger partial charge in [0.05, 0.1) is 5.02 Å². The van der Waals surface area contributed by atoms with Crippen molar-refractivity contribution >= 4 is 55.1 Å². The molecule has 0 radical (unpaired) electrons. The van der Waals surface area contributed by atoms with E-state index in [4.69, 9.17) is 11.6 Å². The molecule has 0 spiro atoms. The summed E-state index contributed by atoms with van der Waals surface area (Å²) in [5.41, 5.74) is 1.25. The molecule has 18 heavy (non-hydrogen) atoms. The van der Waals surface area contributed by atoms with Crippen LogP contribution in [-0.4, -0.2) is 5.91 Å². The third kappa shape index (κ3) is 3.34. The Kier molecular flexibility index (Phi) is 4.43. The van der Waals surface area contributed by atoms with E-state index in [-0.39, 0.29) is 5.91 Å². The Balaban J connectivity index is 2.18. The van der Waals surface area contributed by atoms with Gasteiger partial charge in [-0.1, -0.05) is 33.6 Å². The molecule has 2 aromatic carbocycles. The van der Waals surface area contributed by atoms with Crippen LogP contribution in [0.25, 0.3) is 0 Å². The molecule has 0 aliphatic heterocycles.